The number of amidine groups is 1. The molecule has 2 aliphatic heterocycles. The number of thioether (sulfide) groups is 1. The molecule has 0 aliphatic carbocycles. The minimum absolute atomic E-state index is 0.0166. The van der Waals surface area contributed by atoms with Crippen LogP contribution in [-0.4, -0.2) is 36.4 Å². The summed E-state index contributed by atoms with van der Waals surface area (Å²) in [6.45, 7) is 8.73. The normalized spacial score (nSPS) is 23.0. The van der Waals surface area contributed by atoms with Crippen molar-refractivity contribution in [3.05, 3.63) is 77.0 Å². The van der Waals surface area contributed by atoms with Crippen molar-refractivity contribution in [3.8, 4) is 5.82 Å². The summed E-state index contributed by atoms with van der Waals surface area (Å²) < 4.78 is 2.27. The summed E-state index contributed by atoms with van der Waals surface area (Å²) in [6, 6.07) is 13.4. The van der Waals surface area contributed by atoms with E-state index in [0.29, 0.717) is 6.04 Å². The standard InChI is InChI=1S/C24H27N5S/c1-5-18-14-30-24-27-22(20-8-6-7-11-25-20)23(29(18)24)19-12-16(3)28(17(19)4)21-10-9-15(2)13-26-21/h6-13,18,22-23H,5,14H2,1-4H3/t18-,22+,23+/m0/s1. The fraction of sp³-hybridized carbons (Fsp3) is 0.375. The topological polar surface area (TPSA) is 46.3 Å². The number of fused-ring (bicyclic) bond motifs is 1. The van der Waals surface area contributed by atoms with Crippen LogP contribution in [0.4, 0.5) is 0 Å². The van der Waals surface area contributed by atoms with Crippen LogP contribution in [0.1, 0.15) is 53.6 Å². The molecule has 0 saturated carbocycles. The van der Waals surface area contributed by atoms with Crippen LogP contribution in [0.25, 0.3) is 5.82 Å². The summed E-state index contributed by atoms with van der Waals surface area (Å²) in [6.07, 6.45) is 4.93. The Morgan fingerprint density at radius 3 is 2.67 bits per heavy atom. The summed E-state index contributed by atoms with van der Waals surface area (Å²) in [5.41, 5.74) is 5.97. The summed E-state index contributed by atoms with van der Waals surface area (Å²) >= 11 is 1.89. The minimum atomic E-state index is 0.0166. The second-order valence-corrected chi connectivity index (χ2v) is 9.18. The number of pyridine rings is 2. The van der Waals surface area contributed by atoms with Crippen molar-refractivity contribution >= 4 is 16.9 Å². The Hall–Kier alpha value is -2.60. The molecule has 0 unspecified atom stereocenters. The highest BCUT2D eigenvalue weighted by atomic mass is 32.2. The lowest BCUT2D eigenvalue weighted by Crippen LogP contribution is -2.35. The molecule has 2 aliphatic rings. The molecule has 3 aromatic heterocycles. The van der Waals surface area contributed by atoms with Crippen LogP contribution in [0.3, 0.4) is 0 Å². The maximum absolute atomic E-state index is 5.16. The predicted octanol–water partition coefficient (Wildman–Crippen LogP) is 5.17. The SMILES string of the molecule is CC[C@H]1CSC2=N[C@H](c3ccccn3)[C@@H](c3cc(C)n(-c4ccc(C)cn4)c3C)N21. The quantitative estimate of drug-likeness (QED) is 0.587. The summed E-state index contributed by atoms with van der Waals surface area (Å²) in [5.74, 6) is 2.08. The Morgan fingerprint density at radius 1 is 1.10 bits per heavy atom. The Bertz CT molecular complexity index is 1090. The van der Waals surface area contributed by atoms with E-state index in [1.807, 2.05) is 30.2 Å². The third-order valence-corrected chi connectivity index (χ3v) is 7.37. The molecule has 1 fully saturated rings. The molecule has 1 saturated heterocycles. The highest BCUT2D eigenvalue weighted by Gasteiger charge is 2.46. The molecule has 3 atom stereocenters. The van der Waals surface area contributed by atoms with Gasteiger partial charge in [-0.2, -0.15) is 0 Å². The molecule has 0 radical (unpaired) electrons. The molecule has 3 aromatic rings. The fourth-order valence-corrected chi connectivity index (χ4v) is 6.06. The van der Waals surface area contributed by atoms with Gasteiger partial charge in [0.25, 0.3) is 0 Å². The van der Waals surface area contributed by atoms with Crippen LogP contribution in [0, 0.1) is 20.8 Å². The van der Waals surface area contributed by atoms with Crippen molar-refractivity contribution < 1.29 is 0 Å². The third-order valence-electron chi connectivity index (χ3n) is 6.24. The Balaban J connectivity index is 1.63. The minimum Gasteiger partial charge on any atom is -0.338 e. The van der Waals surface area contributed by atoms with Crippen molar-refractivity contribution in [1.29, 1.82) is 0 Å². The second-order valence-electron chi connectivity index (χ2n) is 8.19. The van der Waals surface area contributed by atoms with E-state index >= 15 is 0 Å². The van der Waals surface area contributed by atoms with Gasteiger partial charge in [-0.3, -0.25) is 9.98 Å². The number of nitrogens with zero attached hydrogens (tertiary/aromatic N) is 5. The average Bonchev–Trinajstić information content (AvgIpc) is 3.41. The molecule has 0 amide bonds. The number of rotatable bonds is 4. The summed E-state index contributed by atoms with van der Waals surface area (Å²) in [4.78, 5) is 17.1. The number of aliphatic imine (C=N–C) groups is 1. The fourth-order valence-electron chi connectivity index (χ4n) is 4.72. The maximum Gasteiger partial charge on any atom is 0.160 e. The first-order valence-electron chi connectivity index (χ1n) is 10.6. The molecule has 0 spiro atoms. The van der Waals surface area contributed by atoms with Gasteiger partial charge in [0.15, 0.2) is 5.17 Å². The van der Waals surface area contributed by atoms with Crippen LogP contribution in [-0.2, 0) is 0 Å². The molecule has 154 valence electrons. The summed E-state index contributed by atoms with van der Waals surface area (Å²) in [5, 5.41) is 1.17. The van der Waals surface area contributed by atoms with Gasteiger partial charge in [0, 0.05) is 35.6 Å². The van der Waals surface area contributed by atoms with Gasteiger partial charge in [-0.1, -0.05) is 30.8 Å². The molecule has 0 bridgehead atoms. The number of hydrogen-bond acceptors (Lipinski definition) is 5. The van der Waals surface area contributed by atoms with E-state index in [4.69, 9.17) is 4.99 Å². The Morgan fingerprint density at radius 2 is 1.97 bits per heavy atom. The van der Waals surface area contributed by atoms with Crippen LogP contribution in [0.2, 0.25) is 0 Å². The molecule has 0 N–H and O–H groups in total. The number of hydrogen-bond donors (Lipinski definition) is 0. The van der Waals surface area contributed by atoms with E-state index in [2.05, 4.69) is 77.5 Å². The van der Waals surface area contributed by atoms with Gasteiger partial charge in [-0.05, 0) is 62.6 Å². The first-order chi connectivity index (χ1) is 14.6. The first kappa shape index (κ1) is 19.4. The van der Waals surface area contributed by atoms with Gasteiger partial charge < -0.3 is 9.47 Å². The monoisotopic (exact) mass is 417 g/mol. The van der Waals surface area contributed by atoms with Crippen molar-refractivity contribution in [2.45, 2.75) is 52.2 Å². The van der Waals surface area contributed by atoms with Crippen LogP contribution in [0.5, 0.6) is 0 Å². The molecule has 30 heavy (non-hydrogen) atoms. The zero-order valence-corrected chi connectivity index (χ0v) is 18.7. The van der Waals surface area contributed by atoms with Crippen molar-refractivity contribution in [1.82, 2.24) is 19.4 Å². The zero-order chi connectivity index (χ0) is 20.8. The smallest absolute Gasteiger partial charge is 0.160 e. The van der Waals surface area contributed by atoms with E-state index in [1.165, 1.54) is 27.7 Å². The van der Waals surface area contributed by atoms with E-state index in [0.717, 1.165) is 23.7 Å². The van der Waals surface area contributed by atoms with E-state index < -0.39 is 0 Å². The molecule has 5 heterocycles. The first-order valence-corrected chi connectivity index (χ1v) is 11.6. The van der Waals surface area contributed by atoms with Gasteiger partial charge >= 0.3 is 0 Å². The average molecular weight is 418 g/mol. The number of aromatic nitrogens is 3. The van der Waals surface area contributed by atoms with Crippen molar-refractivity contribution in [2.75, 3.05) is 5.75 Å². The Labute approximate surface area is 182 Å². The lowest BCUT2D eigenvalue weighted by Gasteiger charge is -2.32. The molecular weight excluding hydrogens is 390 g/mol. The van der Waals surface area contributed by atoms with Crippen molar-refractivity contribution in [3.63, 3.8) is 0 Å². The van der Waals surface area contributed by atoms with E-state index in [9.17, 15) is 0 Å². The number of aryl methyl sites for hydroxylation is 2. The molecule has 6 heteroatoms. The molecule has 0 aromatic carbocycles. The highest BCUT2D eigenvalue weighted by molar-refractivity contribution is 8.14. The van der Waals surface area contributed by atoms with E-state index in [-0.39, 0.29) is 12.1 Å². The van der Waals surface area contributed by atoms with Crippen molar-refractivity contribution in [2.24, 2.45) is 4.99 Å². The zero-order valence-electron chi connectivity index (χ0n) is 17.9. The molecular formula is C24H27N5S. The van der Waals surface area contributed by atoms with Crippen LogP contribution < -0.4 is 0 Å². The van der Waals surface area contributed by atoms with E-state index in [1.54, 1.807) is 0 Å². The maximum atomic E-state index is 5.16. The largest absolute Gasteiger partial charge is 0.338 e. The highest BCUT2D eigenvalue weighted by Crippen LogP contribution is 2.49. The Kier molecular flexibility index (Phi) is 4.89. The van der Waals surface area contributed by atoms with Gasteiger partial charge in [0.1, 0.15) is 11.9 Å². The summed E-state index contributed by atoms with van der Waals surface area (Å²) in [7, 11) is 0. The molecule has 5 rings (SSSR count). The molecule has 5 nitrogen and oxygen atoms in total. The second kappa shape index (κ2) is 7.58. The lowest BCUT2D eigenvalue weighted by atomic mass is 9.95. The van der Waals surface area contributed by atoms with Gasteiger partial charge in [-0.15, -0.1) is 0 Å². The van der Waals surface area contributed by atoms with Crippen LogP contribution in [0.15, 0.2) is 53.8 Å². The van der Waals surface area contributed by atoms with Gasteiger partial charge in [0.05, 0.1) is 11.7 Å². The lowest BCUT2D eigenvalue weighted by molar-refractivity contribution is 0.254. The third kappa shape index (κ3) is 3.05. The predicted molar refractivity (Wildman–Crippen MR) is 123 cm³/mol. The van der Waals surface area contributed by atoms with Gasteiger partial charge in [-0.25, -0.2) is 4.98 Å². The van der Waals surface area contributed by atoms with Crippen LogP contribution >= 0.6 is 11.8 Å². The van der Waals surface area contributed by atoms with Gasteiger partial charge in [0.2, 0.25) is 0 Å².